The molecule has 2 N–H and O–H groups in total. The summed E-state index contributed by atoms with van der Waals surface area (Å²) >= 11 is 0. The molecule has 0 aromatic carbocycles. The van der Waals surface area contributed by atoms with Gasteiger partial charge in [-0.1, -0.05) is 6.42 Å². The van der Waals surface area contributed by atoms with Crippen LogP contribution in [0.1, 0.15) is 33.1 Å². The highest BCUT2D eigenvalue weighted by molar-refractivity contribution is 5.80. The molecule has 0 spiro atoms. The van der Waals surface area contributed by atoms with Gasteiger partial charge in [-0.2, -0.15) is 0 Å². The van der Waals surface area contributed by atoms with E-state index in [4.69, 9.17) is 0 Å². The predicted molar refractivity (Wildman–Crippen MR) is 51.4 cm³/mol. The quantitative estimate of drug-likeness (QED) is 0.577. The molecule has 2 rings (SSSR count). The van der Waals surface area contributed by atoms with Gasteiger partial charge in [0.2, 0.25) is 5.91 Å². The Morgan fingerprint density at radius 1 is 1.38 bits per heavy atom. The molecule has 3 heteroatoms. The van der Waals surface area contributed by atoms with Crippen LogP contribution in [0.15, 0.2) is 0 Å². The number of carbonyl (C=O) groups is 1. The summed E-state index contributed by atoms with van der Waals surface area (Å²) in [7, 11) is 0. The van der Waals surface area contributed by atoms with Crippen molar-refractivity contribution in [3.05, 3.63) is 0 Å². The fourth-order valence-electron chi connectivity index (χ4n) is 2.44. The monoisotopic (exact) mass is 182 g/mol. The third-order valence-electron chi connectivity index (χ3n) is 3.13. The van der Waals surface area contributed by atoms with Crippen molar-refractivity contribution >= 4 is 5.91 Å². The van der Waals surface area contributed by atoms with Crippen molar-refractivity contribution in [1.82, 2.24) is 10.6 Å². The van der Waals surface area contributed by atoms with Gasteiger partial charge < -0.3 is 10.6 Å². The SMILES string of the molecule is CC1(C)CNC(=O)C2CCCC2N1. The van der Waals surface area contributed by atoms with Crippen LogP contribution in [0.5, 0.6) is 0 Å². The molecular weight excluding hydrogens is 164 g/mol. The van der Waals surface area contributed by atoms with Gasteiger partial charge in [0.1, 0.15) is 0 Å². The van der Waals surface area contributed by atoms with Crippen molar-refractivity contribution in [2.24, 2.45) is 5.92 Å². The second kappa shape index (κ2) is 2.98. The fraction of sp³-hybridized carbons (Fsp3) is 0.900. The summed E-state index contributed by atoms with van der Waals surface area (Å²) in [5, 5.41) is 6.57. The van der Waals surface area contributed by atoms with Gasteiger partial charge in [0.15, 0.2) is 0 Å². The molecule has 1 heterocycles. The molecule has 1 saturated carbocycles. The van der Waals surface area contributed by atoms with E-state index in [1.807, 2.05) is 0 Å². The van der Waals surface area contributed by atoms with Crippen LogP contribution in [-0.2, 0) is 4.79 Å². The Labute approximate surface area is 79.3 Å². The Kier molecular flexibility index (Phi) is 2.06. The molecular formula is C10H18N2O. The van der Waals surface area contributed by atoms with Crippen LogP contribution in [0.25, 0.3) is 0 Å². The van der Waals surface area contributed by atoms with E-state index in [2.05, 4.69) is 24.5 Å². The first-order valence-corrected chi connectivity index (χ1v) is 5.14. The van der Waals surface area contributed by atoms with Gasteiger partial charge in [0.05, 0.1) is 5.92 Å². The molecule has 0 aromatic rings. The number of carbonyl (C=O) groups excluding carboxylic acids is 1. The van der Waals surface area contributed by atoms with Crippen LogP contribution in [0.4, 0.5) is 0 Å². The third kappa shape index (κ3) is 1.70. The Morgan fingerprint density at radius 3 is 2.92 bits per heavy atom. The standard InChI is InChI=1S/C10H18N2O/c1-10(2)6-11-9(13)7-4-3-5-8(7)12-10/h7-8,12H,3-6H2,1-2H3,(H,11,13). The second-order valence-corrected chi connectivity index (χ2v) is 4.89. The molecule has 3 nitrogen and oxygen atoms in total. The van der Waals surface area contributed by atoms with E-state index in [0.29, 0.717) is 6.04 Å². The molecule has 13 heavy (non-hydrogen) atoms. The maximum Gasteiger partial charge on any atom is 0.224 e. The topological polar surface area (TPSA) is 41.1 Å². The largest absolute Gasteiger partial charge is 0.354 e. The third-order valence-corrected chi connectivity index (χ3v) is 3.13. The molecule has 1 aliphatic carbocycles. The van der Waals surface area contributed by atoms with E-state index in [-0.39, 0.29) is 17.4 Å². The number of fused-ring (bicyclic) bond motifs is 1. The van der Waals surface area contributed by atoms with Crippen molar-refractivity contribution in [3.63, 3.8) is 0 Å². The first-order chi connectivity index (χ1) is 6.08. The highest BCUT2D eigenvalue weighted by atomic mass is 16.2. The van der Waals surface area contributed by atoms with Gasteiger partial charge in [-0.3, -0.25) is 4.79 Å². The van der Waals surface area contributed by atoms with Gasteiger partial charge >= 0.3 is 0 Å². The van der Waals surface area contributed by atoms with Crippen LogP contribution in [0.2, 0.25) is 0 Å². The van der Waals surface area contributed by atoms with E-state index < -0.39 is 0 Å². The summed E-state index contributed by atoms with van der Waals surface area (Å²) in [6.07, 6.45) is 3.40. The molecule has 0 radical (unpaired) electrons. The minimum Gasteiger partial charge on any atom is -0.354 e. The van der Waals surface area contributed by atoms with Crippen LogP contribution in [-0.4, -0.2) is 24.0 Å². The second-order valence-electron chi connectivity index (χ2n) is 4.89. The van der Waals surface area contributed by atoms with Gasteiger partial charge in [0, 0.05) is 18.1 Å². The molecule has 0 bridgehead atoms. The van der Waals surface area contributed by atoms with Gasteiger partial charge in [0.25, 0.3) is 0 Å². The molecule has 0 aromatic heterocycles. The zero-order valence-electron chi connectivity index (χ0n) is 8.39. The average Bonchev–Trinajstić information content (AvgIpc) is 2.44. The highest BCUT2D eigenvalue weighted by Gasteiger charge is 2.38. The maximum absolute atomic E-state index is 11.6. The van der Waals surface area contributed by atoms with E-state index in [1.54, 1.807) is 0 Å². The fourth-order valence-corrected chi connectivity index (χ4v) is 2.44. The van der Waals surface area contributed by atoms with Crippen molar-refractivity contribution in [2.45, 2.75) is 44.7 Å². The molecule has 1 aliphatic heterocycles. The van der Waals surface area contributed by atoms with E-state index in [0.717, 1.165) is 19.4 Å². The van der Waals surface area contributed by atoms with Crippen LogP contribution in [0.3, 0.4) is 0 Å². The average molecular weight is 182 g/mol. The highest BCUT2D eigenvalue weighted by Crippen LogP contribution is 2.29. The number of amides is 1. The number of nitrogens with one attached hydrogen (secondary N) is 2. The van der Waals surface area contributed by atoms with E-state index in [1.165, 1.54) is 6.42 Å². The first-order valence-electron chi connectivity index (χ1n) is 5.14. The van der Waals surface area contributed by atoms with Crippen LogP contribution in [0, 0.1) is 5.92 Å². The summed E-state index contributed by atoms with van der Waals surface area (Å²) in [5.41, 5.74) is 0.0550. The lowest BCUT2D eigenvalue weighted by Crippen LogP contribution is -2.49. The Morgan fingerprint density at radius 2 is 2.15 bits per heavy atom. The maximum atomic E-state index is 11.6. The first kappa shape index (κ1) is 9.00. The van der Waals surface area contributed by atoms with Gasteiger partial charge in [-0.05, 0) is 26.7 Å². The smallest absolute Gasteiger partial charge is 0.224 e. The zero-order valence-corrected chi connectivity index (χ0v) is 8.39. The molecule has 2 unspecified atom stereocenters. The number of hydrogen-bond donors (Lipinski definition) is 2. The molecule has 74 valence electrons. The summed E-state index contributed by atoms with van der Waals surface area (Å²) < 4.78 is 0. The zero-order chi connectivity index (χ0) is 9.47. The van der Waals surface area contributed by atoms with Crippen molar-refractivity contribution < 1.29 is 4.79 Å². The molecule has 1 saturated heterocycles. The Bertz CT molecular complexity index is 225. The minimum absolute atomic E-state index is 0.0550. The Balaban J connectivity index is 2.16. The van der Waals surface area contributed by atoms with Crippen molar-refractivity contribution in [1.29, 1.82) is 0 Å². The molecule has 2 aliphatic rings. The molecule has 1 amide bonds. The number of rotatable bonds is 0. The van der Waals surface area contributed by atoms with Crippen LogP contribution >= 0.6 is 0 Å². The lowest BCUT2D eigenvalue weighted by molar-refractivity contribution is -0.124. The number of hydrogen-bond acceptors (Lipinski definition) is 2. The van der Waals surface area contributed by atoms with Gasteiger partial charge in [-0.25, -0.2) is 0 Å². The normalized spacial score (nSPS) is 37.8. The summed E-state index contributed by atoms with van der Waals surface area (Å²) in [6.45, 7) is 5.04. The molecule has 2 atom stereocenters. The summed E-state index contributed by atoms with van der Waals surface area (Å²) in [5.74, 6) is 0.474. The van der Waals surface area contributed by atoms with E-state index >= 15 is 0 Å². The lowest BCUT2D eigenvalue weighted by Gasteiger charge is -2.27. The lowest BCUT2D eigenvalue weighted by atomic mass is 10.0. The Hall–Kier alpha value is -0.570. The predicted octanol–water partition coefficient (Wildman–Crippen LogP) is 0.653. The van der Waals surface area contributed by atoms with E-state index in [9.17, 15) is 4.79 Å². The van der Waals surface area contributed by atoms with Crippen LogP contribution < -0.4 is 10.6 Å². The van der Waals surface area contributed by atoms with Crippen molar-refractivity contribution in [2.75, 3.05) is 6.54 Å². The summed E-state index contributed by atoms with van der Waals surface area (Å²) in [6, 6.07) is 0.414. The summed E-state index contributed by atoms with van der Waals surface area (Å²) in [4.78, 5) is 11.6. The minimum atomic E-state index is 0.0550. The van der Waals surface area contributed by atoms with Gasteiger partial charge in [-0.15, -0.1) is 0 Å². The van der Waals surface area contributed by atoms with Crippen molar-refractivity contribution in [3.8, 4) is 0 Å². The molecule has 2 fully saturated rings.